The number of hydrogen-bond donors (Lipinski definition) is 3. The zero-order valence-electron chi connectivity index (χ0n) is 16.0. The van der Waals surface area contributed by atoms with E-state index in [-0.39, 0.29) is 24.1 Å². The van der Waals surface area contributed by atoms with Crippen LogP contribution in [0.4, 0.5) is 5.69 Å². The molecule has 1 heterocycles. The predicted octanol–water partition coefficient (Wildman–Crippen LogP) is 2.41. The van der Waals surface area contributed by atoms with Gasteiger partial charge in [0.2, 0.25) is 11.8 Å². The SMILES string of the molecule is Cc1cccc(C)c1NC(=O)CNC(=O)C(NC(=O)c1ccco1)C(C)C. The quantitative estimate of drug-likeness (QED) is 0.696. The zero-order valence-corrected chi connectivity index (χ0v) is 16.0. The summed E-state index contributed by atoms with van der Waals surface area (Å²) in [6.07, 6.45) is 1.39. The molecule has 1 aromatic heterocycles. The van der Waals surface area contributed by atoms with E-state index in [0.717, 1.165) is 16.8 Å². The molecule has 3 amide bonds. The van der Waals surface area contributed by atoms with E-state index in [9.17, 15) is 14.4 Å². The van der Waals surface area contributed by atoms with Crippen LogP contribution in [0.3, 0.4) is 0 Å². The Morgan fingerprint density at radius 3 is 2.26 bits per heavy atom. The fraction of sp³-hybridized carbons (Fsp3) is 0.350. The van der Waals surface area contributed by atoms with E-state index in [1.807, 2.05) is 45.9 Å². The third-order valence-electron chi connectivity index (χ3n) is 4.15. The fourth-order valence-corrected chi connectivity index (χ4v) is 2.63. The molecule has 2 rings (SSSR count). The van der Waals surface area contributed by atoms with Crippen LogP contribution in [0.15, 0.2) is 41.0 Å². The van der Waals surface area contributed by atoms with Crippen molar-refractivity contribution in [2.45, 2.75) is 33.7 Å². The third-order valence-corrected chi connectivity index (χ3v) is 4.15. The number of hydrogen-bond acceptors (Lipinski definition) is 4. The van der Waals surface area contributed by atoms with E-state index in [4.69, 9.17) is 4.42 Å². The average molecular weight is 371 g/mol. The van der Waals surface area contributed by atoms with Crippen molar-refractivity contribution in [3.8, 4) is 0 Å². The number of amides is 3. The van der Waals surface area contributed by atoms with Crippen LogP contribution in [0.25, 0.3) is 0 Å². The largest absolute Gasteiger partial charge is 0.459 e. The maximum Gasteiger partial charge on any atom is 0.287 e. The van der Waals surface area contributed by atoms with Crippen molar-refractivity contribution < 1.29 is 18.8 Å². The summed E-state index contributed by atoms with van der Waals surface area (Å²) in [5, 5.41) is 8.02. The first-order valence-corrected chi connectivity index (χ1v) is 8.77. The Bertz CT molecular complexity index is 792. The molecule has 0 aliphatic carbocycles. The first-order chi connectivity index (χ1) is 12.8. The summed E-state index contributed by atoms with van der Waals surface area (Å²) in [6, 6.07) is 8.05. The highest BCUT2D eigenvalue weighted by atomic mass is 16.3. The van der Waals surface area contributed by atoms with Crippen molar-refractivity contribution in [3.63, 3.8) is 0 Å². The molecule has 0 saturated carbocycles. The van der Waals surface area contributed by atoms with Crippen molar-refractivity contribution in [1.82, 2.24) is 10.6 Å². The van der Waals surface area contributed by atoms with Crippen molar-refractivity contribution in [3.05, 3.63) is 53.5 Å². The van der Waals surface area contributed by atoms with Crippen LogP contribution < -0.4 is 16.0 Å². The summed E-state index contributed by atoms with van der Waals surface area (Å²) in [5.74, 6) is -1.28. The Morgan fingerprint density at radius 1 is 1.04 bits per heavy atom. The molecule has 1 unspecified atom stereocenters. The van der Waals surface area contributed by atoms with E-state index >= 15 is 0 Å². The number of aryl methyl sites for hydroxylation is 2. The van der Waals surface area contributed by atoms with Crippen LogP contribution in [0.5, 0.6) is 0 Å². The number of furan rings is 1. The van der Waals surface area contributed by atoms with Gasteiger partial charge in [0.05, 0.1) is 12.8 Å². The normalized spacial score (nSPS) is 11.7. The van der Waals surface area contributed by atoms with Gasteiger partial charge in [-0.15, -0.1) is 0 Å². The molecular weight excluding hydrogens is 346 g/mol. The summed E-state index contributed by atoms with van der Waals surface area (Å²) in [6.45, 7) is 7.24. The second-order valence-electron chi connectivity index (χ2n) is 6.71. The highest BCUT2D eigenvalue weighted by Crippen LogP contribution is 2.19. The average Bonchev–Trinajstić information content (AvgIpc) is 3.15. The maximum absolute atomic E-state index is 12.4. The highest BCUT2D eigenvalue weighted by molar-refractivity contribution is 5.98. The summed E-state index contributed by atoms with van der Waals surface area (Å²) < 4.78 is 5.03. The van der Waals surface area contributed by atoms with Crippen LogP contribution in [-0.2, 0) is 9.59 Å². The topological polar surface area (TPSA) is 100 Å². The summed E-state index contributed by atoms with van der Waals surface area (Å²) in [4.78, 5) is 36.8. The van der Waals surface area contributed by atoms with Gasteiger partial charge >= 0.3 is 0 Å². The lowest BCUT2D eigenvalue weighted by Crippen LogP contribution is -2.51. The van der Waals surface area contributed by atoms with Gasteiger partial charge in [-0.25, -0.2) is 0 Å². The minimum Gasteiger partial charge on any atom is -0.459 e. The molecule has 3 N–H and O–H groups in total. The molecule has 0 bridgehead atoms. The van der Waals surface area contributed by atoms with Gasteiger partial charge in [0, 0.05) is 5.69 Å². The van der Waals surface area contributed by atoms with Crippen LogP contribution >= 0.6 is 0 Å². The second kappa shape index (κ2) is 9.02. The number of para-hydroxylation sites is 1. The molecule has 0 aliphatic rings. The number of rotatable bonds is 7. The maximum atomic E-state index is 12.4. The first-order valence-electron chi connectivity index (χ1n) is 8.77. The molecular formula is C20H25N3O4. The van der Waals surface area contributed by atoms with Crippen molar-refractivity contribution >= 4 is 23.4 Å². The van der Waals surface area contributed by atoms with Crippen LogP contribution in [0, 0.1) is 19.8 Å². The lowest BCUT2D eigenvalue weighted by atomic mass is 10.0. The van der Waals surface area contributed by atoms with Crippen LogP contribution in [0.1, 0.15) is 35.5 Å². The molecule has 27 heavy (non-hydrogen) atoms. The minimum atomic E-state index is -0.782. The summed E-state index contributed by atoms with van der Waals surface area (Å²) in [5.41, 5.74) is 2.63. The van der Waals surface area contributed by atoms with Crippen molar-refractivity contribution in [2.75, 3.05) is 11.9 Å². The number of anilines is 1. The number of benzene rings is 1. The molecule has 2 aromatic rings. The number of carbonyl (C=O) groups excluding carboxylic acids is 3. The molecule has 0 fully saturated rings. The third kappa shape index (κ3) is 5.44. The molecule has 144 valence electrons. The zero-order chi connectivity index (χ0) is 20.0. The van der Waals surface area contributed by atoms with Crippen molar-refractivity contribution in [1.29, 1.82) is 0 Å². The molecule has 0 saturated heterocycles. The lowest BCUT2D eigenvalue weighted by molar-refractivity contribution is -0.126. The monoisotopic (exact) mass is 371 g/mol. The van der Waals surface area contributed by atoms with Crippen LogP contribution in [0.2, 0.25) is 0 Å². The molecule has 1 aromatic carbocycles. The summed E-state index contributed by atoms with van der Waals surface area (Å²) >= 11 is 0. The second-order valence-corrected chi connectivity index (χ2v) is 6.71. The van der Waals surface area contributed by atoms with E-state index < -0.39 is 17.9 Å². The fourth-order valence-electron chi connectivity index (χ4n) is 2.63. The van der Waals surface area contributed by atoms with Gasteiger partial charge in [-0.2, -0.15) is 0 Å². The van der Waals surface area contributed by atoms with E-state index in [2.05, 4.69) is 16.0 Å². The minimum absolute atomic E-state index is 0.126. The van der Waals surface area contributed by atoms with Gasteiger partial charge < -0.3 is 20.4 Å². The number of nitrogens with one attached hydrogen (secondary N) is 3. The smallest absolute Gasteiger partial charge is 0.287 e. The molecule has 7 nitrogen and oxygen atoms in total. The molecule has 1 atom stereocenters. The highest BCUT2D eigenvalue weighted by Gasteiger charge is 2.25. The number of carbonyl (C=O) groups is 3. The van der Waals surface area contributed by atoms with E-state index in [0.29, 0.717) is 0 Å². The van der Waals surface area contributed by atoms with Gasteiger partial charge in [0.25, 0.3) is 5.91 Å². The van der Waals surface area contributed by atoms with Gasteiger partial charge in [-0.1, -0.05) is 32.0 Å². The Kier molecular flexibility index (Phi) is 6.76. The van der Waals surface area contributed by atoms with Crippen LogP contribution in [-0.4, -0.2) is 30.3 Å². The van der Waals surface area contributed by atoms with Crippen molar-refractivity contribution in [2.24, 2.45) is 5.92 Å². The first kappa shape index (κ1) is 20.2. The Hall–Kier alpha value is -3.09. The molecule has 0 spiro atoms. The molecule has 0 aliphatic heterocycles. The Morgan fingerprint density at radius 2 is 1.70 bits per heavy atom. The predicted molar refractivity (Wildman–Crippen MR) is 102 cm³/mol. The van der Waals surface area contributed by atoms with Gasteiger partial charge in [0.1, 0.15) is 6.04 Å². The molecule has 7 heteroatoms. The van der Waals surface area contributed by atoms with Gasteiger partial charge in [0.15, 0.2) is 5.76 Å². The van der Waals surface area contributed by atoms with Gasteiger partial charge in [-0.3, -0.25) is 14.4 Å². The lowest BCUT2D eigenvalue weighted by Gasteiger charge is -2.21. The molecule has 0 radical (unpaired) electrons. The Labute approximate surface area is 158 Å². The Balaban J connectivity index is 1.93. The van der Waals surface area contributed by atoms with E-state index in [1.165, 1.54) is 12.3 Å². The van der Waals surface area contributed by atoms with Gasteiger partial charge in [-0.05, 0) is 43.0 Å². The van der Waals surface area contributed by atoms with E-state index in [1.54, 1.807) is 6.07 Å². The summed E-state index contributed by atoms with van der Waals surface area (Å²) in [7, 11) is 0. The standard InChI is InChI=1S/C20H25N3O4/c1-12(2)17(23-19(25)15-9-6-10-27-15)20(26)21-11-16(24)22-18-13(3)7-5-8-14(18)4/h5-10,12,17H,11H2,1-4H3,(H,21,26)(H,22,24)(H,23,25).